The quantitative estimate of drug-likeness (QED) is 0.875. The van der Waals surface area contributed by atoms with E-state index < -0.39 is 21.9 Å². The Morgan fingerprint density at radius 3 is 2.50 bits per heavy atom. The Hall–Kier alpha value is -0.690. The molecule has 0 radical (unpaired) electrons. The molecule has 20 heavy (non-hydrogen) atoms. The lowest BCUT2D eigenvalue weighted by Gasteiger charge is -2.22. The van der Waals surface area contributed by atoms with E-state index in [1.54, 1.807) is 0 Å². The summed E-state index contributed by atoms with van der Waals surface area (Å²) in [5.74, 6) is -0.610. The van der Waals surface area contributed by atoms with Crippen molar-refractivity contribution in [2.45, 2.75) is 38.2 Å². The van der Waals surface area contributed by atoms with Crippen LogP contribution < -0.4 is 4.72 Å². The Morgan fingerprint density at radius 2 is 2.00 bits per heavy atom. The Morgan fingerprint density at radius 1 is 1.40 bits per heavy atom. The van der Waals surface area contributed by atoms with Crippen molar-refractivity contribution >= 4 is 21.6 Å². The minimum Gasteiger partial charge on any atom is -0.392 e. The first kappa shape index (κ1) is 17.4. The highest BCUT2D eigenvalue weighted by Gasteiger charge is 2.22. The highest BCUT2D eigenvalue weighted by molar-refractivity contribution is 7.89. The average molecular weight is 324 g/mol. The fraction of sp³-hybridized carbons (Fsp3) is 0.538. The summed E-state index contributed by atoms with van der Waals surface area (Å²) in [5.41, 5.74) is -0.113. The van der Waals surface area contributed by atoms with Crippen LogP contribution in [0.1, 0.15) is 27.2 Å². The van der Waals surface area contributed by atoms with Crippen LogP contribution in [-0.4, -0.2) is 26.2 Å². The molecule has 1 aromatic carbocycles. The zero-order valence-electron chi connectivity index (χ0n) is 11.7. The summed E-state index contributed by atoms with van der Waals surface area (Å²) in [4.78, 5) is -0.205. The molecule has 0 bridgehead atoms. The van der Waals surface area contributed by atoms with Gasteiger partial charge in [0.05, 0.1) is 11.1 Å². The smallest absolute Gasteiger partial charge is 0.242 e. The summed E-state index contributed by atoms with van der Waals surface area (Å²) in [6.07, 6.45) is -0.351. The van der Waals surface area contributed by atoms with Gasteiger partial charge in [0.1, 0.15) is 10.7 Å². The van der Waals surface area contributed by atoms with Gasteiger partial charge in [0.25, 0.3) is 0 Å². The molecule has 4 nitrogen and oxygen atoms in total. The molecular formula is C13H19ClFNO3S. The molecule has 0 amide bonds. The maximum Gasteiger partial charge on any atom is 0.242 e. The average Bonchev–Trinajstić information content (AvgIpc) is 2.23. The second-order valence-corrected chi connectivity index (χ2v) is 7.99. The van der Waals surface area contributed by atoms with Crippen molar-refractivity contribution in [2.75, 3.05) is 6.54 Å². The Balaban J connectivity index is 2.76. The topological polar surface area (TPSA) is 66.4 Å². The number of nitrogens with one attached hydrogen (secondary N) is 1. The molecule has 0 heterocycles. The van der Waals surface area contributed by atoms with Gasteiger partial charge >= 0.3 is 0 Å². The maximum atomic E-state index is 12.9. The van der Waals surface area contributed by atoms with Gasteiger partial charge < -0.3 is 5.11 Å². The van der Waals surface area contributed by atoms with Crippen molar-refractivity contribution in [1.82, 2.24) is 4.72 Å². The second-order valence-electron chi connectivity index (χ2n) is 5.85. The van der Waals surface area contributed by atoms with Crippen LogP contribution in [0.5, 0.6) is 0 Å². The van der Waals surface area contributed by atoms with Crippen molar-refractivity contribution in [3.8, 4) is 0 Å². The van der Waals surface area contributed by atoms with Crippen LogP contribution in [0.4, 0.5) is 4.39 Å². The first-order valence-corrected chi connectivity index (χ1v) is 8.00. The summed E-state index contributed by atoms with van der Waals surface area (Å²) in [6, 6.07) is 3.05. The van der Waals surface area contributed by atoms with Crippen molar-refractivity contribution in [3.05, 3.63) is 29.0 Å². The molecule has 2 N–H and O–H groups in total. The summed E-state index contributed by atoms with van der Waals surface area (Å²) in [7, 11) is -3.87. The molecule has 1 atom stereocenters. The van der Waals surface area contributed by atoms with Crippen molar-refractivity contribution in [3.63, 3.8) is 0 Å². The summed E-state index contributed by atoms with van der Waals surface area (Å²) in [6.45, 7) is 5.72. The van der Waals surface area contributed by atoms with E-state index in [4.69, 9.17) is 11.6 Å². The summed E-state index contributed by atoms with van der Waals surface area (Å²) in [5, 5.41) is 9.60. The molecule has 0 saturated heterocycles. The molecule has 0 aliphatic rings. The first-order chi connectivity index (χ1) is 9.01. The van der Waals surface area contributed by atoms with E-state index in [1.807, 2.05) is 20.8 Å². The fourth-order valence-electron chi connectivity index (χ4n) is 1.76. The van der Waals surface area contributed by atoms with E-state index in [-0.39, 0.29) is 21.9 Å². The van der Waals surface area contributed by atoms with Gasteiger partial charge in [-0.2, -0.15) is 0 Å². The number of aliphatic hydroxyl groups is 1. The Kier molecular flexibility index (Phi) is 5.54. The Bertz CT molecular complexity index is 569. The zero-order valence-corrected chi connectivity index (χ0v) is 13.2. The van der Waals surface area contributed by atoms with Gasteiger partial charge in [0.2, 0.25) is 10.0 Å². The third-order valence-corrected chi connectivity index (χ3v) is 4.45. The molecule has 0 saturated carbocycles. The number of hydrogen-bond acceptors (Lipinski definition) is 3. The van der Waals surface area contributed by atoms with Crippen LogP contribution in [0.2, 0.25) is 5.02 Å². The lowest BCUT2D eigenvalue weighted by molar-refractivity contribution is 0.125. The van der Waals surface area contributed by atoms with Crippen molar-refractivity contribution in [2.24, 2.45) is 5.41 Å². The van der Waals surface area contributed by atoms with Gasteiger partial charge in [0, 0.05) is 6.54 Å². The van der Waals surface area contributed by atoms with Crippen molar-refractivity contribution in [1.29, 1.82) is 0 Å². The third kappa shape index (κ3) is 5.36. The van der Waals surface area contributed by atoms with E-state index in [1.165, 1.54) is 0 Å². The SMILES string of the molecule is CC(C)(C)CC(O)CNS(=O)(=O)c1ccc(F)cc1Cl. The van der Waals surface area contributed by atoms with Crippen LogP contribution in [0.15, 0.2) is 23.1 Å². The van der Waals surface area contributed by atoms with E-state index in [9.17, 15) is 17.9 Å². The number of rotatable bonds is 5. The predicted octanol–water partition coefficient (Wildman–Crippen LogP) is 2.55. The van der Waals surface area contributed by atoms with E-state index >= 15 is 0 Å². The van der Waals surface area contributed by atoms with Crippen LogP contribution >= 0.6 is 11.6 Å². The van der Waals surface area contributed by atoms with E-state index in [0.29, 0.717) is 6.42 Å². The minimum absolute atomic E-state index is 0.113. The first-order valence-electron chi connectivity index (χ1n) is 6.14. The predicted molar refractivity (Wildman–Crippen MR) is 76.7 cm³/mol. The molecule has 0 spiro atoms. The second kappa shape index (κ2) is 6.39. The van der Waals surface area contributed by atoms with Gasteiger partial charge in [-0.15, -0.1) is 0 Å². The van der Waals surface area contributed by atoms with E-state index in [0.717, 1.165) is 18.2 Å². The number of hydrogen-bond donors (Lipinski definition) is 2. The van der Waals surface area contributed by atoms with Gasteiger partial charge in [-0.3, -0.25) is 0 Å². The molecule has 1 unspecified atom stereocenters. The maximum absolute atomic E-state index is 12.9. The Labute approximate surface area is 124 Å². The zero-order chi connectivity index (χ0) is 15.6. The summed E-state index contributed by atoms with van der Waals surface area (Å²) < 4.78 is 39.2. The highest BCUT2D eigenvalue weighted by Crippen LogP contribution is 2.23. The van der Waals surface area contributed by atoms with E-state index in [2.05, 4.69) is 4.72 Å². The van der Waals surface area contributed by atoms with Crippen LogP contribution in [0, 0.1) is 11.2 Å². The molecule has 114 valence electrons. The fourth-order valence-corrected chi connectivity index (χ4v) is 3.36. The number of benzene rings is 1. The molecule has 1 aromatic rings. The largest absolute Gasteiger partial charge is 0.392 e. The minimum atomic E-state index is -3.87. The lowest BCUT2D eigenvalue weighted by atomic mass is 9.89. The normalized spacial score (nSPS) is 14.3. The molecule has 0 fully saturated rings. The van der Waals surface area contributed by atoms with Gasteiger partial charge in [-0.1, -0.05) is 32.4 Å². The number of halogens is 2. The van der Waals surface area contributed by atoms with Crippen LogP contribution in [-0.2, 0) is 10.0 Å². The monoisotopic (exact) mass is 323 g/mol. The molecule has 0 aliphatic carbocycles. The van der Waals surface area contributed by atoms with Gasteiger partial charge in [0.15, 0.2) is 0 Å². The third-order valence-electron chi connectivity index (χ3n) is 2.54. The van der Waals surface area contributed by atoms with Gasteiger partial charge in [-0.25, -0.2) is 17.5 Å². The number of aliphatic hydroxyl groups excluding tert-OH is 1. The van der Waals surface area contributed by atoms with Gasteiger partial charge in [-0.05, 0) is 30.0 Å². The molecule has 0 aliphatic heterocycles. The standard InChI is InChI=1S/C13H19ClFNO3S/c1-13(2,3)7-10(17)8-16-20(18,19)12-5-4-9(15)6-11(12)14/h4-6,10,16-17H,7-8H2,1-3H3. The van der Waals surface area contributed by atoms with Crippen LogP contribution in [0.25, 0.3) is 0 Å². The highest BCUT2D eigenvalue weighted by atomic mass is 35.5. The molecular weight excluding hydrogens is 305 g/mol. The van der Waals surface area contributed by atoms with Crippen LogP contribution in [0.3, 0.4) is 0 Å². The number of sulfonamides is 1. The lowest BCUT2D eigenvalue weighted by Crippen LogP contribution is -2.34. The molecule has 0 aromatic heterocycles. The molecule has 1 rings (SSSR count). The van der Waals surface area contributed by atoms with Crippen molar-refractivity contribution < 1.29 is 17.9 Å². The molecule has 7 heteroatoms. The summed E-state index contributed by atoms with van der Waals surface area (Å²) >= 11 is 5.71.